The number of unbranched alkanes of at least 4 members (excludes halogenated alkanes) is 10. The van der Waals surface area contributed by atoms with Crippen LogP contribution in [-0.2, 0) is 19.1 Å². The van der Waals surface area contributed by atoms with E-state index in [0.29, 0.717) is 31.5 Å². The summed E-state index contributed by atoms with van der Waals surface area (Å²) < 4.78 is 10.9. The van der Waals surface area contributed by atoms with E-state index in [4.69, 9.17) is 9.47 Å². The molecular weight excluding hydrogens is 400 g/mol. The lowest BCUT2D eigenvalue weighted by Gasteiger charge is -2.16. The highest BCUT2D eigenvalue weighted by molar-refractivity contribution is 5.94. The molecule has 0 aliphatic heterocycles. The molecule has 4 heteroatoms. The Bertz CT molecular complexity index is 413. The van der Waals surface area contributed by atoms with Crippen LogP contribution in [0.4, 0.5) is 0 Å². The molecule has 0 unspecified atom stereocenters. The number of carbonyl (C=O) groups excluding carboxylic acids is 2. The summed E-state index contributed by atoms with van der Waals surface area (Å²) in [5.74, 6) is -0.0978. The molecule has 0 saturated carbocycles. The summed E-state index contributed by atoms with van der Waals surface area (Å²) in [5, 5.41) is 0. The van der Waals surface area contributed by atoms with Crippen LogP contribution >= 0.6 is 0 Å². The summed E-state index contributed by atoms with van der Waals surface area (Å²) in [4.78, 5) is 25.2. The van der Waals surface area contributed by atoms with Crippen molar-refractivity contribution >= 4 is 11.9 Å². The maximum atomic E-state index is 12.6. The van der Waals surface area contributed by atoms with E-state index in [2.05, 4.69) is 34.6 Å². The minimum atomic E-state index is -0.753. The lowest BCUT2D eigenvalue weighted by molar-refractivity contribution is -0.162. The predicted molar refractivity (Wildman–Crippen MR) is 135 cm³/mol. The van der Waals surface area contributed by atoms with Crippen molar-refractivity contribution in [3.8, 4) is 0 Å². The molecule has 32 heavy (non-hydrogen) atoms. The molecule has 0 aliphatic carbocycles. The smallest absolute Gasteiger partial charge is 0.320 e. The predicted octanol–water partition coefficient (Wildman–Crippen LogP) is 8.26. The van der Waals surface area contributed by atoms with Crippen molar-refractivity contribution in [3.63, 3.8) is 0 Å². The summed E-state index contributed by atoms with van der Waals surface area (Å²) in [6.07, 6.45) is 17.3. The second-order valence-corrected chi connectivity index (χ2v) is 10.3. The van der Waals surface area contributed by atoms with E-state index >= 15 is 0 Å². The Balaban J connectivity index is 4.32. The Morgan fingerprint density at radius 2 is 0.906 bits per heavy atom. The van der Waals surface area contributed by atoms with Crippen LogP contribution < -0.4 is 0 Å². The van der Waals surface area contributed by atoms with Crippen LogP contribution in [0.25, 0.3) is 0 Å². The Morgan fingerprint density at radius 1 is 0.531 bits per heavy atom. The molecule has 0 N–H and O–H groups in total. The van der Waals surface area contributed by atoms with E-state index in [-0.39, 0.29) is 11.9 Å². The molecule has 0 saturated heterocycles. The van der Waals surface area contributed by atoms with Crippen LogP contribution in [0.1, 0.15) is 137 Å². The lowest BCUT2D eigenvalue weighted by Crippen LogP contribution is -2.28. The third kappa shape index (κ3) is 19.6. The fourth-order valence-electron chi connectivity index (χ4n) is 3.85. The van der Waals surface area contributed by atoms with Crippen LogP contribution in [0.3, 0.4) is 0 Å². The summed E-state index contributed by atoms with van der Waals surface area (Å²) in [7, 11) is 0. The maximum Gasteiger partial charge on any atom is 0.320 e. The third-order valence-electron chi connectivity index (χ3n) is 6.01. The van der Waals surface area contributed by atoms with E-state index in [1.165, 1.54) is 44.9 Å². The fraction of sp³-hybridized carbons (Fsp3) is 0.929. The van der Waals surface area contributed by atoms with Gasteiger partial charge in [-0.3, -0.25) is 9.59 Å². The molecule has 0 radical (unpaired) electrons. The number of ether oxygens (including phenoxy) is 2. The quantitative estimate of drug-likeness (QED) is 0.0938. The largest absolute Gasteiger partial charge is 0.465 e. The van der Waals surface area contributed by atoms with Crippen molar-refractivity contribution in [1.82, 2.24) is 0 Å². The SMILES string of the molecule is CCCCCCCCCC(C(=O)OCCCCCC(C)C)C(=O)OCCCCCC(C)C. The molecule has 4 nitrogen and oxygen atoms in total. The van der Waals surface area contributed by atoms with Gasteiger partial charge in [-0.25, -0.2) is 0 Å². The zero-order chi connectivity index (χ0) is 24.0. The molecule has 0 amide bonds. The first-order chi connectivity index (χ1) is 15.4. The zero-order valence-corrected chi connectivity index (χ0v) is 22.1. The van der Waals surface area contributed by atoms with Gasteiger partial charge in [0, 0.05) is 0 Å². The molecule has 0 aromatic rings. The summed E-state index contributed by atoms with van der Waals surface area (Å²) in [5.41, 5.74) is 0. The molecule has 0 atom stereocenters. The summed E-state index contributed by atoms with van der Waals surface area (Å²) >= 11 is 0. The van der Waals surface area contributed by atoms with Crippen molar-refractivity contribution in [2.45, 2.75) is 137 Å². The Hall–Kier alpha value is -1.06. The molecule has 0 heterocycles. The molecule has 0 aromatic heterocycles. The van der Waals surface area contributed by atoms with Crippen LogP contribution in [0, 0.1) is 17.8 Å². The van der Waals surface area contributed by atoms with Gasteiger partial charge in [-0.15, -0.1) is 0 Å². The molecule has 0 rings (SSSR count). The normalized spacial score (nSPS) is 11.5. The molecule has 0 spiro atoms. The van der Waals surface area contributed by atoms with Gasteiger partial charge in [0.2, 0.25) is 0 Å². The van der Waals surface area contributed by atoms with Gasteiger partial charge in [-0.05, 0) is 31.1 Å². The number of hydrogen-bond acceptors (Lipinski definition) is 4. The number of carbonyl (C=O) groups is 2. The first kappa shape index (κ1) is 30.9. The van der Waals surface area contributed by atoms with Gasteiger partial charge < -0.3 is 9.47 Å². The monoisotopic (exact) mass is 454 g/mol. The average molecular weight is 455 g/mol. The van der Waals surface area contributed by atoms with Crippen molar-refractivity contribution in [2.24, 2.45) is 17.8 Å². The van der Waals surface area contributed by atoms with Crippen molar-refractivity contribution in [1.29, 1.82) is 0 Å². The number of hydrogen-bond donors (Lipinski definition) is 0. The van der Waals surface area contributed by atoms with Crippen molar-refractivity contribution in [2.75, 3.05) is 13.2 Å². The maximum absolute atomic E-state index is 12.6. The number of rotatable bonds is 22. The second kappa shape index (κ2) is 21.8. The van der Waals surface area contributed by atoms with Gasteiger partial charge in [0.25, 0.3) is 0 Å². The molecule has 0 aliphatic rings. The highest BCUT2D eigenvalue weighted by Gasteiger charge is 2.29. The van der Waals surface area contributed by atoms with Crippen molar-refractivity contribution in [3.05, 3.63) is 0 Å². The zero-order valence-electron chi connectivity index (χ0n) is 22.1. The van der Waals surface area contributed by atoms with Crippen LogP contribution in [0.5, 0.6) is 0 Å². The molecule has 0 bridgehead atoms. The van der Waals surface area contributed by atoms with Crippen LogP contribution in [0.15, 0.2) is 0 Å². The van der Waals surface area contributed by atoms with Gasteiger partial charge in [0.05, 0.1) is 13.2 Å². The second-order valence-electron chi connectivity index (χ2n) is 10.3. The fourth-order valence-corrected chi connectivity index (χ4v) is 3.85. The van der Waals surface area contributed by atoms with Crippen molar-refractivity contribution < 1.29 is 19.1 Å². The lowest BCUT2D eigenvalue weighted by atomic mass is 10.00. The van der Waals surface area contributed by atoms with E-state index < -0.39 is 5.92 Å². The minimum absolute atomic E-state index is 0.385. The Labute approximate surface area is 199 Å². The average Bonchev–Trinajstić information content (AvgIpc) is 2.74. The van der Waals surface area contributed by atoms with E-state index in [1.807, 2.05) is 0 Å². The summed E-state index contributed by atoms with van der Waals surface area (Å²) in [6, 6.07) is 0. The highest BCUT2D eigenvalue weighted by Crippen LogP contribution is 2.17. The van der Waals surface area contributed by atoms with Gasteiger partial charge in [-0.2, -0.15) is 0 Å². The van der Waals surface area contributed by atoms with E-state index in [0.717, 1.165) is 51.4 Å². The third-order valence-corrected chi connectivity index (χ3v) is 6.01. The van der Waals surface area contributed by atoms with Gasteiger partial charge in [-0.1, -0.05) is 118 Å². The van der Waals surface area contributed by atoms with Gasteiger partial charge in [0.1, 0.15) is 0 Å². The number of esters is 2. The van der Waals surface area contributed by atoms with Crippen LogP contribution in [-0.4, -0.2) is 25.2 Å². The van der Waals surface area contributed by atoms with E-state index in [9.17, 15) is 9.59 Å². The Morgan fingerprint density at radius 3 is 1.34 bits per heavy atom. The Kier molecular flexibility index (Phi) is 21.0. The van der Waals surface area contributed by atoms with Gasteiger partial charge in [0.15, 0.2) is 5.92 Å². The molecular formula is C28H54O4. The molecule has 0 aromatic carbocycles. The first-order valence-corrected chi connectivity index (χ1v) is 13.7. The first-order valence-electron chi connectivity index (χ1n) is 13.7. The molecule has 190 valence electrons. The standard InChI is InChI=1S/C28H54O4/c1-6-7-8-9-10-11-16-21-26(27(29)31-22-17-12-14-19-24(2)3)28(30)32-23-18-13-15-20-25(4)5/h24-26H,6-23H2,1-5H3. The highest BCUT2D eigenvalue weighted by atomic mass is 16.6. The summed E-state index contributed by atoms with van der Waals surface area (Å²) in [6.45, 7) is 11.9. The topological polar surface area (TPSA) is 52.6 Å². The van der Waals surface area contributed by atoms with E-state index in [1.54, 1.807) is 0 Å². The molecule has 0 fully saturated rings. The minimum Gasteiger partial charge on any atom is -0.465 e. The van der Waals surface area contributed by atoms with Crippen LogP contribution in [0.2, 0.25) is 0 Å². The van der Waals surface area contributed by atoms with Gasteiger partial charge >= 0.3 is 11.9 Å².